The van der Waals surface area contributed by atoms with Gasteiger partial charge in [0.2, 0.25) is 0 Å². The molecule has 2 N–H and O–H groups in total. The number of aliphatic hydroxyl groups is 2. The number of unbranched alkanes of at least 4 members (excludes halogenated alkanes) is 1. The van der Waals surface area contributed by atoms with Gasteiger partial charge in [0.05, 0.1) is 0 Å². The molecule has 0 aromatic rings. The highest BCUT2D eigenvalue weighted by Crippen LogP contribution is 2.31. The molecule has 0 aromatic heterocycles. The largest absolute Gasteiger partial charge is 0.396 e. The van der Waals surface area contributed by atoms with Crippen molar-refractivity contribution in [3.05, 3.63) is 0 Å². The van der Waals surface area contributed by atoms with Gasteiger partial charge in [-0.25, -0.2) is 0 Å². The van der Waals surface area contributed by atoms with Gasteiger partial charge in [-0.1, -0.05) is 25.7 Å². The Morgan fingerprint density at radius 3 is 2.00 bits per heavy atom. The van der Waals surface area contributed by atoms with Gasteiger partial charge in [0, 0.05) is 13.2 Å². The highest BCUT2D eigenvalue weighted by atomic mass is 16.3. The van der Waals surface area contributed by atoms with Crippen LogP contribution in [0, 0.1) is 11.8 Å². The van der Waals surface area contributed by atoms with Gasteiger partial charge < -0.3 is 10.2 Å². The SMILES string of the molecule is OCCCCC1CCC(CO)CC1. The molecule has 0 amide bonds. The van der Waals surface area contributed by atoms with Crippen LogP contribution >= 0.6 is 0 Å². The number of hydrogen-bond donors (Lipinski definition) is 2. The topological polar surface area (TPSA) is 40.5 Å². The third-order valence-electron chi connectivity index (χ3n) is 3.25. The number of rotatable bonds is 5. The van der Waals surface area contributed by atoms with E-state index in [9.17, 15) is 0 Å². The molecule has 1 aliphatic carbocycles. The summed E-state index contributed by atoms with van der Waals surface area (Å²) >= 11 is 0. The maximum atomic E-state index is 8.96. The lowest BCUT2D eigenvalue weighted by Gasteiger charge is -2.27. The van der Waals surface area contributed by atoms with E-state index in [1.54, 1.807) is 0 Å². The van der Waals surface area contributed by atoms with Gasteiger partial charge in [0.25, 0.3) is 0 Å². The third-order valence-corrected chi connectivity index (χ3v) is 3.25. The van der Waals surface area contributed by atoms with Crippen molar-refractivity contribution in [1.29, 1.82) is 0 Å². The summed E-state index contributed by atoms with van der Waals surface area (Å²) in [6, 6.07) is 0. The molecule has 1 rings (SSSR count). The summed E-state index contributed by atoms with van der Waals surface area (Å²) in [5.41, 5.74) is 0. The second-order valence-corrected chi connectivity index (χ2v) is 4.29. The van der Waals surface area contributed by atoms with Gasteiger partial charge in [-0.2, -0.15) is 0 Å². The van der Waals surface area contributed by atoms with Crippen molar-refractivity contribution in [2.75, 3.05) is 13.2 Å². The summed E-state index contributed by atoms with van der Waals surface area (Å²) < 4.78 is 0. The molecule has 2 heteroatoms. The quantitative estimate of drug-likeness (QED) is 0.644. The van der Waals surface area contributed by atoms with E-state index in [1.165, 1.54) is 38.5 Å². The maximum absolute atomic E-state index is 8.96. The van der Waals surface area contributed by atoms with Crippen molar-refractivity contribution in [2.45, 2.75) is 44.9 Å². The van der Waals surface area contributed by atoms with Gasteiger partial charge in [-0.15, -0.1) is 0 Å². The van der Waals surface area contributed by atoms with Crippen LogP contribution in [0.2, 0.25) is 0 Å². The lowest BCUT2D eigenvalue weighted by atomic mass is 9.80. The van der Waals surface area contributed by atoms with Crippen molar-refractivity contribution in [1.82, 2.24) is 0 Å². The minimum Gasteiger partial charge on any atom is -0.396 e. The van der Waals surface area contributed by atoms with E-state index in [0.717, 1.165) is 12.3 Å². The second-order valence-electron chi connectivity index (χ2n) is 4.29. The van der Waals surface area contributed by atoms with E-state index in [1.807, 2.05) is 0 Å². The van der Waals surface area contributed by atoms with Gasteiger partial charge >= 0.3 is 0 Å². The Balaban J connectivity index is 2.03. The van der Waals surface area contributed by atoms with Crippen LogP contribution in [0.1, 0.15) is 44.9 Å². The highest BCUT2D eigenvalue weighted by molar-refractivity contribution is 4.71. The molecule has 0 spiro atoms. The molecule has 0 unspecified atom stereocenters. The smallest absolute Gasteiger partial charge is 0.0459 e. The number of hydrogen-bond acceptors (Lipinski definition) is 2. The van der Waals surface area contributed by atoms with Gasteiger partial charge in [-0.3, -0.25) is 0 Å². The van der Waals surface area contributed by atoms with Crippen LogP contribution in [-0.4, -0.2) is 23.4 Å². The third kappa shape index (κ3) is 4.10. The molecule has 2 nitrogen and oxygen atoms in total. The van der Waals surface area contributed by atoms with Gasteiger partial charge in [-0.05, 0) is 31.1 Å². The van der Waals surface area contributed by atoms with Crippen molar-refractivity contribution >= 4 is 0 Å². The molecule has 0 radical (unpaired) electrons. The Kier molecular flexibility index (Phi) is 5.40. The average Bonchev–Trinajstić information content (AvgIpc) is 2.19. The minimum absolute atomic E-state index is 0.339. The first-order valence-corrected chi connectivity index (χ1v) is 5.58. The summed E-state index contributed by atoms with van der Waals surface area (Å²) in [6.45, 7) is 0.718. The molecule has 78 valence electrons. The summed E-state index contributed by atoms with van der Waals surface area (Å²) in [4.78, 5) is 0. The molecule has 1 fully saturated rings. The molecule has 0 heterocycles. The lowest BCUT2D eigenvalue weighted by Crippen LogP contribution is -2.17. The van der Waals surface area contributed by atoms with Crippen molar-refractivity contribution in [3.8, 4) is 0 Å². The van der Waals surface area contributed by atoms with Crippen LogP contribution in [0.25, 0.3) is 0 Å². The molecule has 13 heavy (non-hydrogen) atoms. The van der Waals surface area contributed by atoms with Gasteiger partial charge in [0.15, 0.2) is 0 Å². The lowest BCUT2D eigenvalue weighted by molar-refractivity contribution is 0.162. The minimum atomic E-state index is 0.339. The first kappa shape index (κ1) is 11.0. The fraction of sp³-hybridized carbons (Fsp3) is 1.00. The van der Waals surface area contributed by atoms with E-state index in [4.69, 9.17) is 10.2 Å². The summed E-state index contributed by atoms with van der Waals surface area (Å²) in [6.07, 6.45) is 8.40. The van der Waals surface area contributed by atoms with Crippen LogP contribution in [0.15, 0.2) is 0 Å². The van der Waals surface area contributed by atoms with E-state index < -0.39 is 0 Å². The fourth-order valence-corrected chi connectivity index (χ4v) is 2.25. The van der Waals surface area contributed by atoms with Crippen molar-refractivity contribution < 1.29 is 10.2 Å². The predicted octanol–water partition coefficient (Wildman–Crippen LogP) is 1.95. The average molecular weight is 186 g/mol. The summed E-state index contributed by atoms with van der Waals surface area (Å²) in [5, 5.41) is 17.6. The van der Waals surface area contributed by atoms with E-state index in [-0.39, 0.29) is 0 Å². The van der Waals surface area contributed by atoms with Crippen LogP contribution in [0.4, 0.5) is 0 Å². The molecular weight excluding hydrogens is 164 g/mol. The van der Waals surface area contributed by atoms with Crippen LogP contribution in [0.3, 0.4) is 0 Å². The van der Waals surface area contributed by atoms with Crippen LogP contribution in [-0.2, 0) is 0 Å². The Labute approximate surface area is 81.0 Å². The molecule has 0 aromatic carbocycles. The van der Waals surface area contributed by atoms with Crippen LogP contribution in [0.5, 0.6) is 0 Å². The molecule has 1 saturated carbocycles. The standard InChI is InChI=1S/C11H22O2/c12-8-2-1-3-10-4-6-11(9-13)7-5-10/h10-13H,1-9H2. The normalized spacial score (nSPS) is 29.1. The van der Waals surface area contributed by atoms with E-state index in [2.05, 4.69) is 0 Å². The van der Waals surface area contributed by atoms with Crippen molar-refractivity contribution in [3.63, 3.8) is 0 Å². The zero-order valence-corrected chi connectivity index (χ0v) is 8.41. The van der Waals surface area contributed by atoms with E-state index in [0.29, 0.717) is 19.1 Å². The Morgan fingerprint density at radius 1 is 0.846 bits per heavy atom. The highest BCUT2D eigenvalue weighted by Gasteiger charge is 2.19. The molecule has 0 bridgehead atoms. The van der Waals surface area contributed by atoms with E-state index >= 15 is 0 Å². The summed E-state index contributed by atoms with van der Waals surface area (Å²) in [7, 11) is 0. The fourth-order valence-electron chi connectivity index (χ4n) is 2.25. The summed E-state index contributed by atoms with van der Waals surface area (Å²) in [5.74, 6) is 1.45. The van der Waals surface area contributed by atoms with Crippen molar-refractivity contribution in [2.24, 2.45) is 11.8 Å². The Hall–Kier alpha value is -0.0800. The molecular formula is C11H22O2. The maximum Gasteiger partial charge on any atom is 0.0459 e. The number of aliphatic hydroxyl groups excluding tert-OH is 2. The van der Waals surface area contributed by atoms with Crippen LogP contribution < -0.4 is 0 Å². The monoisotopic (exact) mass is 186 g/mol. The zero-order valence-electron chi connectivity index (χ0n) is 8.41. The Morgan fingerprint density at radius 2 is 1.46 bits per heavy atom. The molecule has 0 atom stereocenters. The molecule has 0 saturated heterocycles. The molecule has 1 aliphatic rings. The van der Waals surface area contributed by atoms with Gasteiger partial charge in [0.1, 0.15) is 0 Å². The first-order valence-electron chi connectivity index (χ1n) is 5.58. The zero-order chi connectivity index (χ0) is 9.52. The first-order chi connectivity index (χ1) is 6.36. The Bertz CT molecular complexity index is 115. The molecule has 0 aliphatic heterocycles. The predicted molar refractivity (Wildman–Crippen MR) is 53.5 cm³/mol. The second kappa shape index (κ2) is 6.39.